The molecule has 1 aromatic carbocycles. The molecule has 1 rings (SSSR count). The first-order valence-electron chi connectivity index (χ1n) is 5.52. The van der Waals surface area contributed by atoms with Crippen LogP contribution in [-0.2, 0) is 14.3 Å². The van der Waals surface area contributed by atoms with Crippen molar-refractivity contribution in [3.05, 3.63) is 35.9 Å². The van der Waals surface area contributed by atoms with Gasteiger partial charge in [-0.05, 0) is 26.3 Å². The Kier molecular flexibility index (Phi) is 4.99. The van der Waals surface area contributed by atoms with Crippen molar-refractivity contribution in [3.63, 3.8) is 0 Å². The van der Waals surface area contributed by atoms with Crippen LogP contribution in [0.3, 0.4) is 0 Å². The topological polar surface area (TPSA) is 35.5 Å². The van der Waals surface area contributed by atoms with Gasteiger partial charge in [0.2, 0.25) is 0 Å². The summed E-state index contributed by atoms with van der Waals surface area (Å²) in [5, 5.41) is 0. The Morgan fingerprint density at radius 1 is 1.25 bits per heavy atom. The van der Waals surface area contributed by atoms with Gasteiger partial charge in [-0.15, -0.1) is 0 Å². The van der Waals surface area contributed by atoms with Crippen LogP contribution in [0.4, 0.5) is 0 Å². The normalized spacial score (nSPS) is 12.5. The maximum atomic E-state index is 11.7. The number of hydrogen-bond acceptors (Lipinski definition) is 3. The molecule has 88 valence electrons. The molecule has 1 aromatic rings. The number of benzene rings is 1. The van der Waals surface area contributed by atoms with E-state index in [0.717, 1.165) is 5.56 Å². The minimum Gasteiger partial charge on any atom is -0.464 e. The van der Waals surface area contributed by atoms with Gasteiger partial charge in [0.25, 0.3) is 0 Å². The predicted octanol–water partition coefficient (Wildman–Crippen LogP) is 2.72. The SMILES string of the molecule is CCOC(=O)[C@H](OC(C)C)c1ccccc1. The fourth-order valence-corrected chi connectivity index (χ4v) is 1.39. The van der Waals surface area contributed by atoms with Crippen molar-refractivity contribution in [1.29, 1.82) is 0 Å². The van der Waals surface area contributed by atoms with Gasteiger partial charge in [-0.3, -0.25) is 0 Å². The monoisotopic (exact) mass is 222 g/mol. The molecule has 0 N–H and O–H groups in total. The highest BCUT2D eigenvalue weighted by atomic mass is 16.6. The van der Waals surface area contributed by atoms with E-state index >= 15 is 0 Å². The van der Waals surface area contributed by atoms with E-state index in [4.69, 9.17) is 9.47 Å². The summed E-state index contributed by atoms with van der Waals surface area (Å²) in [6.45, 7) is 5.95. The van der Waals surface area contributed by atoms with Crippen LogP contribution in [0, 0.1) is 0 Å². The molecule has 0 aliphatic heterocycles. The first kappa shape index (κ1) is 12.7. The highest BCUT2D eigenvalue weighted by molar-refractivity contribution is 5.76. The molecule has 3 nitrogen and oxygen atoms in total. The fraction of sp³-hybridized carbons (Fsp3) is 0.462. The number of esters is 1. The van der Waals surface area contributed by atoms with Crippen molar-refractivity contribution in [2.75, 3.05) is 6.61 Å². The molecule has 0 bridgehead atoms. The number of carbonyl (C=O) groups excluding carboxylic acids is 1. The van der Waals surface area contributed by atoms with E-state index < -0.39 is 6.10 Å². The van der Waals surface area contributed by atoms with Gasteiger partial charge >= 0.3 is 5.97 Å². The highest BCUT2D eigenvalue weighted by Gasteiger charge is 2.23. The molecule has 3 heteroatoms. The first-order valence-corrected chi connectivity index (χ1v) is 5.52. The predicted molar refractivity (Wildman–Crippen MR) is 62.0 cm³/mol. The van der Waals surface area contributed by atoms with Crippen molar-refractivity contribution in [3.8, 4) is 0 Å². The smallest absolute Gasteiger partial charge is 0.339 e. The minimum atomic E-state index is -0.624. The summed E-state index contributed by atoms with van der Waals surface area (Å²) >= 11 is 0. The van der Waals surface area contributed by atoms with Crippen molar-refractivity contribution in [1.82, 2.24) is 0 Å². The summed E-state index contributed by atoms with van der Waals surface area (Å²) in [5.41, 5.74) is 0.828. The molecule has 1 atom stereocenters. The molecule has 0 amide bonds. The molecule has 0 saturated carbocycles. The lowest BCUT2D eigenvalue weighted by molar-refractivity contribution is -0.160. The summed E-state index contributed by atoms with van der Waals surface area (Å²) in [6.07, 6.45) is -0.643. The second-order valence-corrected chi connectivity index (χ2v) is 3.73. The molecule has 0 spiro atoms. The number of rotatable bonds is 5. The van der Waals surface area contributed by atoms with Crippen molar-refractivity contribution >= 4 is 5.97 Å². The summed E-state index contributed by atoms with van der Waals surface area (Å²) < 4.78 is 10.6. The number of carbonyl (C=O) groups is 1. The molecule has 0 heterocycles. The number of ether oxygens (including phenoxy) is 2. The van der Waals surface area contributed by atoms with Crippen LogP contribution >= 0.6 is 0 Å². The van der Waals surface area contributed by atoms with E-state index in [1.165, 1.54) is 0 Å². The zero-order valence-electron chi connectivity index (χ0n) is 9.97. The van der Waals surface area contributed by atoms with Crippen LogP contribution in [0.1, 0.15) is 32.4 Å². The van der Waals surface area contributed by atoms with E-state index in [1.54, 1.807) is 6.92 Å². The molecular formula is C13H18O3. The Hall–Kier alpha value is -1.35. The van der Waals surface area contributed by atoms with E-state index in [2.05, 4.69) is 0 Å². The van der Waals surface area contributed by atoms with Crippen LogP contribution in [0.25, 0.3) is 0 Å². The average Bonchev–Trinajstić information content (AvgIpc) is 2.27. The molecule has 0 fully saturated rings. The van der Waals surface area contributed by atoms with Crippen LogP contribution in [-0.4, -0.2) is 18.7 Å². The van der Waals surface area contributed by atoms with Crippen LogP contribution in [0.15, 0.2) is 30.3 Å². The Bertz CT molecular complexity index is 319. The Morgan fingerprint density at radius 2 is 1.88 bits per heavy atom. The quantitative estimate of drug-likeness (QED) is 0.718. The van der Waals surface area contributed by atoms with Crippen molar-refractivity contribution in [2.24, 2.45) is 0 Å². The van der Waals surface area contributed by atoms with E-state index in [-0.39, 0.29) is 12.1 Å². The zero-order chi connectivity index (χ0) is 12.0. The summed E-state index contributed by atoms with van der Waals surface area (Å²) in [5.74, 6) is -0.331. The van der Waals surface area contributed by atoms with Gasteiger partial charge in [-0.1, -0.05) is 30.3 Å². The standard InChI is InChI=1S/C13H18O3/c1-4-15-13(14)12(16-10(2)3)11-8-6-5-7-9-11/h5-10,12H,4H2,1-3H3/t12-/m1/s1. The van der Waals surface area contributed by atoms with Crippen molar-refractivity contribution < 1.29 is 14.3 Å². The van der Waals surface area contributed by atoms with Crippen LogP contribution < -0.4 is 0 Å². The lowest BCUT2D eigenvalue weighted by Gasteiger charge is -2.19. The Morgan fingerprint density at radius 3 is 2.38 bits per heavy atom. The summed E-state index contributed by atoms with van der Waals surface area (Å²) in [7, 11) is 0. The molecule has 0 unspecified atom stereocenters. The highest BCUT2D eigenvalue weighted by Crippen LogP contribution is 2.20. The van der Waals surface area contributed by atoms with Gasteiger partial charge in [-0.2, -0.15) is 0 Å². The molecular weight excluding hydrogens is 204 g/mol. The Balaban J connectivity index is 2.83. The lowest BCUT2D eigenvalue weighted by atomic mass is 10.1. The van der Waals surface area contributed by atoms with Crippen LogP contribution in [0.2, 0.25) is 0 Å². The third-order valence-corrected chi connectivity index (χ3v) is 2.01. The summed E-state index contributed by atoms with van der Waals surface area (Å²) in [6, 6.07) is 9.39. The van der Waals surface area contributed by atoms with E-state index in [9.17, 15) is 4.79 Å². The van der Waals surface area contributed by atoms with Crippen LogP contribution in [0.5, 0.6) is 0 Å². The minimum absolute atomic E-state index is 0.0189. The molecule has 0 aromatic heterocycles. The number of hydrogen-bond donors (Lipinski definition) is 0. The largest absolute Gasteiger partial charge is 0.464 e. The van der Waals surface area contributed by atoms with Gasteiger partial charge in [-0.25, -0.2) is 4.79 Å². The van der Waals surface area contributed by atoms with Crippen molar-refractivity contribution in [2.45, 2.75) is 33.0 Å². The maximum absolute atomic E-state index is 11.7. The second-order valence-electron chi connectivity index (χ2n) is 3.73. The molecule has 0 aliphatic rings. The van der Waals surface area contributed by atoms with E-state index in [0.29, 0.717) is 6.61 Å². The van der Waals surface area contributed by atoms with Gasteiger partial charge in [0.05, 0.1) is 12.7 Å². The lowest BCUT2D eigenvalue weighted by Crippen LogP contribution is -2.21. The van der Waals surface area contributed by atoms with Gasteiger partial charge < -0.3 is 9.47 Å². The fourth-order valence-electron chi connectivity index (χ4n) is 1.39. The molecule has 0 aliphatic carbocycles. The van der Waals surface area contributed by atoms with E-state index in [1.807, 2.05) is 44.2 Å². The summed E-state index contributed by atoms with van der Waals surface area (Å²) in [4.78, 5) is 11.7. The molecule has 0 saturated heterocycles. The second kappa shape index (κ2) is 6.28. The Labute approximate surface area is 96.4 Å². The zero-order valence-corrected chi connectivity index (χ0v) is 9.97. The average molecular weight is 222 g/mol. The molecule has 0 radical (unpaired) electrons. The van der Waals surface area contributed by atoms with Gasteiger partial charge in [0.1, 0.15) is 0 Å². The third kappa shape index (κ3) is 3.66. The first-order chi connectivity index (χ1) is 7.65. The third-order valence-electron chi connectivity index (χ3n) is 2.01. The molecule has 16 heavy (non-hydrogen) atoms. The van der Waals surface area contributed by atoms with Gasteiger partial charge in [0.15, 0.2) is 6.10 Å². The maximum Gasteiger partial charge on any atom is 0.339 e. The van der Waals surface area contributed by atoms with Gasteiger partial charge in [0, 0.05) is 0 Å².